The zero-order valence-electron chi connectivity index (χ0n) is 23.7. The molecule has 236 valence electrons. The molecule has 0 unspecified atom stereocenters. The second-order valence-corrected chi connectivity index (χ2v) is 10.4. The van der Waals surface area contributed by atoms with Crippen LogP contribution in [0.3, 0.4) is 0 Å². The molecule has 4 rings (SSSR count). The van der Waals surface area contributed by atoms with Gasteiger partial charge < -0.3 is 13.8 Å². The Hall–Kier alpha value is -3.59. The molecule has 3 aromatic rings. The van der Waals surface area contributed by atoms with E-state index in [4.69, 9.17) is 4.99 Å². The minimum atomic E-state index is -6.09. The number of aliphatic imine (C=N–C) groups is 1. The maximum atomic E-state index is 13.8. The summed E-state index contributed by atoms with van der Waals surface area (Å²) in [6, 6.07) is 15.9. The Morgan fingerprint density at radius 3 is 1.75 bits per heavy atom. The summed E-state index contributed by atoms with van der Waals surface area (Å²) < 4.78 is 143. The normalized spacial score (nSPS) is 15.4. The number of halogens is 10. The van der Waals surface area contributed by atoms with Gasteiger partial charge in [0.05, 0.1) is 11.4 Å². The molecule has 0 aliphatic carbocycles. The summed E-state index contributed by atoms with van der Waals surface area (Å²) in [7, 11) is -2.53. The van der Waals surface area contributed by atoms with Crippen molar-refractivity contribution < 1.29 is 53.2 Å². The van der Waals surface area contributed by atoms with Gasteiger partial charge in [-0.3, -0.25) is 0 Å². The Balaban J connectivity index is 1.85. The van der Waals surface area contributed by atoms with Crippen molar-refractivity contribution in [2.24, 2.45) is 4.99 Å². The lowest BCUT2D eigenvalue weighted by Crippen LogP contribution is -2.48. The molecule has 0 saturated heterocycles. The highest BCUT2D eigenvalue weighted by molar-refractivity contribution is 6.43. The van der Waals surface area contributed by atoms with E-state index in [-0.39, 0.29) is 11.4 Å². The first-order valence-electron chi connectivity index (χ1n) is 13.0. The van der Waals surface area contributed by atoms with Crippen molar-refractivity contribution in [2.45, 2.75) is 51.9 Å². The third-order valence-corrected chi connectivity index (χ3v) is 6.97. The van der Waals surface area contributed by atoms with Crippen LogP contribution in [-0.2, 0) is 9.31 Å². The predicted octanol–water partition coefficient (Wildman–Crippen LogP) is 8.41. The van der Waals surface area contributed by atoms with Crippen LogP contribution in [0.4, 0.5) is 43.9 Å². The fourth-order valence-electron chi connectivity index (χ4n) is 4.74. The molecule has 0 radical (unpaired) electrons. The molecule has 0 fully saturated rings. The molecule has 4 nitrogen and oxygen atoms in total. The number of hydrogen-bond acceptors (Lipinski definition) is 3. The van der Waals surface area contributed by atoms with Crippen molar-refractivity contribution in [2.75, 3.05) is 13.2 Å². The van der Waals surface area contributed by atoms with Crippen molar-refractivity contribution in [1.82, 2.24) is 4.48 Å². The summed E-state index contributed by atoms with van der Waals surface area (Å²) in [6.07, 6.45) is -12.2. The number of allylic oxidation sites excluding steroid dienone is 1. The number of aryl methyl sites for hydroxylation is 3. The maximum Gasteiger partial charge on any atom is 0.598 e. The molecule has 2 aromatic carbocycles. The van der Waals surface area contributed by atoms with Gasteiger partial charge in [0, 0.05) is 28.1 Å². The molecule has 0 N–H and O–H groups in total. The van der Waals surface area contributed by atoms with E-state index in [9.17, 15) is 43.9 Å². The lowest BCUT2D eigenvalue weighted by Gasteiger charge is -2.26. The van der Waals surface area contributed by atoms with E-state index >= 15 is 0 Å². The second-order valence-electron chi connectivity index (χ2n) is 10.4. The summed E-state index contributed by atoms with van der Waals surface area (Å²) in [4.78, 5) is 4.78. The number of rotatable bonds is 9. The standard InChI is InChI=1S/C29H25BF10N2O2/c1-16-9-11-20(12-10-16)24-22-8-6-5-7-21(22)23(41-24)19(4)25-17(2)13-18(3)42(25)30(43-14-26(31,32)28(35,36)37)44-15-27(33,34)29(38,39)40/h5-13H,14-15H2,1-4H3/b23-19-. The molecule has 1 aliphatic rings. The molecule has 0 spiro atoms. The van der Waals surface area contributed by atoms with Crippen LogP contribution in [0.25, 0.3) is 11.3 Å². The van der Waals surface area contributed by atoms with E-state index in [2.05, 4.69) is 9.31 Å². The van der Waals surface area contributed by atoms with Crippen molar-refractivity contribution in [3.05, 3.63) is 93.8 Å². The lowest BCUT2D eigenvalue weighted by atomic mass is 9.96. The number of benzene rings is 2. The molecule has 15 heteroatoms. The summed E-state index contributed by atoms with van der Waals surface area (Å²) in [5.74, 6) is -10.9. The first-order chi connectivity index (χ1) is 20.2. The van der Waals surface area contributed by atoms with Gasteiger partial charge >= 0.3 is 31.5 Å². The van der Waals surface area contributed by atoms with E-state index in [0.29, 0.717) is 28.1 Å². The van der Waals surface area contributed by atoms with Crippen LogP contribution < -0.4 is 0 Å². The fraction of sp³-hybridized carbons (Fsp3) is 0.345. The molecule has 0 atom stereocenters. The van der Waals surface area contributed by atoms with Gasteiger partial charge in [0.2, 0.25) is 0 Å². The van der Waals surface area contributed by atoms with E-state index < -0.39 is 44.7 Å². The van der Waals surface area contributed by atoms with Crippen molar-refractivity contribution in [1.29, 1.82) is 0 Å². The van der Waals surface area contributed by atoms with Gasteiger partial charge in [-0.2, -0.15) is 43.9 Å². The molecule has 44 heavy (non-hydrogen) atoms. The van der Waals surface area contributed by atoms with Gasteiger partial charge in [-0.05, 0) is 44.9 Å². The highest BCUT2D eigenvalue weighted by Gasteiger charge is 2.60. The Kier molecular flexibility index (Phi) is 8.88. The first kappa shape index (κ1) is 33.3. The number of hydrogen-bond donors (Lipinski definition) is 0. The van der Waals surface area contributed by atoms with Gasteiger partial charge in [-0.25, -0.2) is 4.99 Å². The van der Waals surface area contributed by atoms with Crippen LogP contribution in [0.2, 0.25) is 0 Å². The second kappa shape index (κ2) is 11.7. The Morgan fingerprint density at radius 2 is 1.25 bits per heavy atom. The predicted molar refractivity (Wildman–Crippen MR) is 145 cm³/mol. The average molecular weight is 634 g/mol. The lowest BCUT2D eigenvalue weighted by molar-refractivity contribution is -0.295. The third-order valence-electron chi connectivity index (χ3n) is 6.97. The topological polar surface area (TPSA) is 35.8 Å². The summed E-state index contributed by atoms with van der Waals surface area (Å²) >= 11 is 0. The van der Waals surface area contributed by atoms with E-state index in [1.807, 2.05) is 31.2 Å². The smallest absolute Gasteiger partial charge is 0.385 e. The SMILES string of the molecule is C/C(=C1/N=C(c2ccc(C)cc2)c2ccccc21)c1c(C)cc(C)n1B(OCC(F)(F)C(F)(F)F)OCC(F)(F)C(F)(F)F. The summed E-state index contributed by atoms with van der Waals surface area (Å²) in [5, 5.41) is 0. The summed E-state index contributed by atoms with van der Waals surface area (Å²) in [5.41, 5.74) is 4.78. The van der Waals surface area contributed by atoms with E-state index in [0.717, 1.165) is 21.2 Å². The highest BCUT2D eigenvalue weighted by Crippen LogP contribution is 2.40. The number of aromatic nitrogens is 1. The zero-order chi connectivity index (χ0) is 32.8. The van der Waals surface area contributed by atoms with Crippen LogP contribution in [0, 0.1) is 20.8 Å². The average Bonchev–Trinajstić information content (AvgIpc) is 3.44. The minimum Gasteiger partial charge on any atom is -0.385 e. The molecular weight excluding hydrogens is 609 g/mol. The van der Waals surface area contributed by atoms with Crippen LogP contribution in [0.5, 0.6) is 0 Å². The largest absolute Gasteiger partial charge is 0.598 e. The maximum absolute atomic E-state index is 13.8. The van der Waals surface area contributed by atoms with Gasteiger partial charge in [0.1, 0.15) is 13.2 Å². The Bertz CT molecular complexity index is 1560. The van der Waals surface area contributed by atoms with Crippen molar-refractivity contribution in [3.63, 3.8) is 0 Å². The van der Waals surface area contributed by atoms with Crippen LogP contribution in [0.1, 0.15) is 46.1 Å². The number of nitrogens with zero attached hydrogens (tertiary/aromatic N) is 2. The first-order valence-corrected chi connectivity index (χ1v) is 13.0. The number of fused-ring (bicyclic) bond motifs is 1. The van der Waals surface area contributed by atoms with Gasteiger partial charge in [-0.1, -0.05) is 54.1 Å². The van der Waals surface area contributed by atoms with Gasteiger partial charge in [-0.15, -0.1) is 0 Å². The quantitative estimate of drug-likeness (QED) is 0.175. The highest BCUT2D eigenvalue weighted by atomic mass is 19.4. The third kappa shape index (κ3) is 6.44. The molecule has 0 amide bonds. The molecule has 1 aromatic heterocycles. The molecule has 1 aliphatic heterocycles. The Labute approximate surface area is 246 Å². The Morgan fingerprint density at radius 1 is 0.750 bits per heavy atom. The molecule has 2 heterocycles. The van der Waals surface area contributed by atoms with Crippen LogP contribution in [0.15, 0.2) is 59.6 Å². The van der Waals surface area contributed by atoms with Gasteiger partial charge in [0.25, 0.3) is 0 Å². The molecule has 0 saturated carbocycles. The number of alkyl halides is 10. The molecule has 0 bridgehead atoms. The summed E-state index contributed by atoms with van der Waals surface area (Å²) in [6.45, 7) is 1.48. The van der Waals surface area contributed by atoms with E-state index in [1.54, 1.807) is 24.3 Å². The van der Waals surface area contributed by atoms with Crippen LogP contribution in [-0.4, -0.2) is 54.9 Å². The fourth-order valence-corrected chi connectivity index (χ4v) is 4.74. The van der Waals surface area contributed by atoms with Crippen molar-refractivity contribution in [3.8, 4) is 0 Å². The minimum absolute atomic E-state index is 0.0526. The monoisotopic (exact) mass is 634 g/mol. The van der Waals surface area contributed by atoms with Gasteiger partial charge in [0.15, 0.2) is 0 Å². The zero-order valence-corrected chi connectivity index (χ0v) is 23.7. The molecular formula is C29H25BF10N2O2. The van der Waals surface area contributed by atoms with E-state index in [1.165, 1.54) is 26.8 Å². The van der Waals surface area contributed by atoms with Crippen molar-refractivity contribution >= 4 is 24.2 Å². The van der Waals surface area contributed by atoms with Crippen LogP contribution >= 0.6 is 0 Å².